The lowest BCUT2D eigenvalue weighted by molar-refractivity contribution is -0.159. The molecule has 0 heterocycles. The number of esters is 1. The molecule has 0 unspecified atom stereocenters. The summed E-state index contributed by atoms with van der Waals surface area (Å²) in [6.45, 7) is 3.99. The molecule has 0 aliphatic carbocycles. The van der Waals surface area contributed by atoms with E-state index in [1.807, 2.05) is 0 Å². The molecule has 0 aromatic carbocycles. The maximum Gasteiger partial charge on any atom is 0.337 e. The standard InChI is InChI=1S/C11H22O4/c1-3-5-6-7-8-9(12)10(13)11(14)15-4-2/h9-10,12-13H,3-8H2,1-2H3/t9-,10+/m1/s1. The topological polar surface area (TPSA) is 66.8 Å². The van der Waals surface area contributed by atoms with E-state index in [1.165, 1.54) is 0 Å². The van der Waals surface area contributed by atoms with Gasteiger partial charge in [-0.3, -0.25) is 0 Å². The monoisotopic (exact) mass is 218 g/mol. The van der Waals surface area contributed by atoms with Crippen LogP contribution in [0.3, 0.4) is 0 Å². The molecule has 90 valence electrons. The van der Waals surface area contributed by atoms with E-state index in [4.69, 9.17) is 0 Å². The summed E-state index contributed by atoms with van der Waals surface area (Å²) in [5, 5.41) is 18.8. The molecule has 0 fully saturated rings. The third-order valence-corrected chi connectivity index (χ3v) is 2.25. The predicted octanol–water partition coefficient (Wildman–Crippen LogP) is 1.24. The van der Waals surface area contributed by atoms with Gasteiger partial charge in [0.25, 0.3) is 0 Å². The molecule has 0 aromatic heterocycles. The summed E-state index contributed by atoms with van der Waals surface area (Å²) < 4.78 is 4.60. The van der Waals surface area contributed by atoms with Crippen LogP contribution in [0.2, 0.25) is 0 Å². The minimum Gasteiger partial charge on any atom is -0.464 e. The van der Waals surface area contributed by atoms with Crippen LogP contribution < -0.4 is 0 Å². The lowest BCUT2D eigenvalue weighted by atomic mass is 10.1. The van der Waals surface area contributed by atoms with Crippen LogP contribution in [0, 0.1) is 0 Å². The molecule has 0 radical (unpaired) electrons. The van der Waals surface area contributed by atoms with Crippen LogP contribution in [0.1, 0.15) is 46.0 Å². The van der Waals surface area contributed by atoms with Crippen LogP contribution in [-0.2, 0) is 9.53 Å². The first-order chi connectivity index (χ1) is 7.13. The summed E-state index contributed by atoms with van der Waals surface area (Å²) in [6.07, 6.45) is 2.13. The van der Waals surface area contributed by atoms with Crippen molar-refractivity contribution >= 4 is 5.97 Å². The maximum atomic E-state index is 11.0. The summed E-state index contributed by atoms with van der Waals surface area (Å²) >= 11 is 0. The van der Waals surface area contributed by atoms with Crippen LogP contribution in [0.5, 0.6) is 0 Å². The van der Waals surface area contributed by atoms with Gasteiger partial charge in [0.05, 0.1) is 12.7 Å². The lowest BCUT2D eigenvalue weighted by Crippen LogP contribution is -2.35. The van der Waals surface area contributed by atoms with Crippen LogP contribution in [0.15, 0.2) is 0 Å². The van der Waals surface area contributed by atoms with E-state index in [9.17, 15) is 15.0 Å². The van der Waals surface area contributed by atoms with Gasteiger partial charge < -0.3 is 14.9 Å². The Morgan fingerprint density at radius 2 is 1.87 bits per heavy atom. The second-order valence-corrected chi connectivity index (χ2v) is 3.61. The molecule has 2 atom stereocenters. The zero-order valence-corrected chi connectivity index (χ0v) is 9.61. The number of aliphatic hydroxyl groups excluding tert-OH is 2. The number of hydrogen-bond donors (Lipinski definition) is 2. The Labute approximate surface area is 91.3 Å². The van der Waals surface area contributed by atoms with E-state index in [-0.39, 0.29) is 6.61 Å². The summed E-state index contributed by atoms with van der Waals surface area (Å²) in [4.78, 5) is 11.0. The highest BCUT2D eigenvalue weighted by atomic mass is 16.5. The third kappa shape index (κ3) is 6.47. The lowest BCUT2D eigenvalue weighted by Gasteiger charge is -2.15. The molecule has 4 nitrogen and oxygen atoms in total. The number of hydrogen-bond acceptors (Lipinski definition) is 4. The molecular formula is C11H22O4. The molecular weight excluding hydrogens is 196 g/mol. The van der Waals surface area contributed by atoms with Crippen molar-refractivity contribution in [2.45, 2.75) is 58.2 Å². The second-order valence-electron chi connectivity index (χ2n) is 3.61. The van der Waals surface area contributed by atoms with Crippen molar-refractivity contribution in [2.24, 2.45) is 0 Å². The first-order valence-corrected chi connectivity index (χ1v) is 5.66. The summed E-state index contributed by atoms with van der Waals surface area (Å²) in [5.74, 6) is -0.736. The Balaban J connectivity index is 3.68. The quantitative estimate of drug-likeness (QED) is 0.475. The third-order valence-electron chi connectivity index (χ3n) is 2.25. The van der Waals surface area contributed by atoms with Gasteiger partial charge in [-0.15, -0.1) is 0 Å². The Morgan fingerprint density at radius 1 is 1.20 bits per heavy atom. The van der Waals surface area contributed by atoms with E-state index in [2.05, 4.69) is 11.7 Å². The van der Waals surface area contributed by atoms with Gasteiger partial charge in [0.15, 0.2) is 6.10 Å². The van der Waals surface area contributed by atoms with E-state index in [1.54, 1.807) is 6.92 Å². The van der Waals surface area contributed by atoms with Gasteiger partial charge in [-0.2, -0.15) is 0 Å². The van der Waals surface area contributed by atoms with Crippen molar-refractivity contribution in [1.29, 1.82) is 0 Å². The average molecular weight is 218 g/mol. The summed E-state index contributed by atoms with van der Waals surface area (Å²) in [6, 6.07) is 0. The fourth-order valence-electron chi connectivity index (χ4n) is 1.32. The zero-order valence-electron chi connectivity index (χ0n) is 9.61. The Bertz CT molecular complexity index is 170. The summed E-state index contributed by atoms with van der Waals surface area (Å²) in [7, 11) is 0. The molecule has 0 bridgehead atoms. The number of rotatable bonds is 8. The normalized spacial score (nSPS) is 14.7. The van der Waals surface area contributed by atoms with Crippen molar-refractivity contribution in [3.8, 4) is 0 Å². The van der Waals surface area contributed by atoms with Gasteiger partial charge in [0.1, 0.15) is 0 Å². The van der Waals surface area contributed by atoms with Gasteiger partial charge in [-0.05, 0) is 13.3 Å². The van der Waals surface area contributed by atoms with Gasteiger partial charge in [0.2, 0.25) is 0 Å². The number of unbranched alkanes of at least 4 members (excludes halogenated alkanes) is 3. The molecule has 0 saturated heterocycles. The molecule has 0 aromatic rings. The molecule has 0 spiro atoms. The Kier molecular flexibility index (Phi) is 8.33. The van der Waals surface area contributed by atoms with E-state index >= 15 is 0 Å². The molecule has 2 N–H and O–H groups in total. The van der Waals surface area contributed by atoms with Crippen LogP contribution >= 0.6 is 0 Å². The van der Waals surface area contributed by atoms with E-state index < -0.39 is 18.2 Å². The molecule has 15 heavy (non-hydrogen) atoms. The number of carbonyl (C=O) groups is 1. The number of ether oxygens (including phenoxy) is 1. The van der Waals surface area contributed by atoms with Crippen molar-refractivity contribution in [2.75, 3.05) is 6.61 Å². The molecule has 0 saturated carbocycles. The van der Waals surface area contributed by atoms with Crippen LogP contribution in [-0.4, -0.2) is 35.0 Å². The smallest absolute Gasteiger partial charge is 0.337 e. The highest BCUT2D eigenvalue weighted by molar-refractivity contribution is 5.75. The predicted molar refractivity (Wildman–Crippen MR) is 57.4 cm³/mol. The SMILES string of the molecule is CCCCCC[C@@H](O)[C@H](O)C(=O)OCC. The first kappa shape index (κ1) is 14.4. The highest BCUT2D eigenvalue weighted by Gasteiger charge is 2.24. The molecule has 0 amide bonds. The minimum absolute atomic E-state index is 0.221. The van der Waals surface area contributed by atoms with Crippen molar-refractivity contribution in [3.63, 3.8) is 0 Å². The molecule has 0 aliphatic heterocycles. The molecule has 0 rings (SSSR count). The van der Waals surface area contributed by atoms with Gasteiger partial charge in [-0.25, -0.2) is 4.79 Å². The van der Waals surface area contributed by atoms with E-state index in [0.717, 1.165) is 25.7 Å². The van der Waals surface area contributed by atoms with Gasteiger partial charge in [-0.1, -0.05) is 32.6 Å². The van der Waals surface area contributed by atoms with Crippen molar-refractivity contribution in [3.05, 3.63) is 0 Å². The second kappa shape index (κ2) is 8.68. The summed E-state index contributed by atoms with van der Waals surface area (Å²) in [5.41, 5.74) is 0. The molecule has 4 heteroatoms. The minimum atomic E-state index is -1.40. The Morgan fingerprint density at radius 3 is 2.40 bits per heavy atom. The van der Waals surface area contributed by atoms with Crippen LogP contribution in [0.25, 0.3) is 0 Å². The maximum absolute atomic E-state index is 11.0. The number of aliphatic hydroxyl groups is 2. The average Bonchev–Trinajstić information content (AvgIpc) is 2.23. The fourth-order valence-corrected chi connectivity index (χ4v) is 1.32. The van der Waals surface area contributed by atoms with Crippen molar-refractivity contribution < 1.29 is 19.7 Å². The largest absolute Gasteiger partial charge is 0.464 e. The zero-order chi connectivity index (χ0) is 11.7. The first-order valence-electron chi connectivity index (χ1n) is 5.66. The van der Waals surface area contributed by atoms with Crippen molar-refractivity contribution in [1.82, 2.24) is 0 Å². The number of carbonyl (C=O) groups excluding carboxylic acids is 1. The van der Waals surface area contributed by atoms with Crippen LogP contribution in [0.4, 0.5) is 0 Å². The fraction of sp³-hybridized carbons (Fsp3) is 0.909. The van der Waals surface area contributed by atoms with Gasteiger partial charge >= 0.3 is 5.97 Å². The Hall–Kier alpha value is -0.610. The van der Waals surface area contributed by atoms with Gasteiger partial charge in [0, 0.05) is 0 Å². The molecule has 0 aliphatic rings. The highest BCUT2D eigenvalue weighted by Crippen LogP contribution is 2.09. The van der Waals surface area contributed by atoms with E-state index in [0.29, 0.717) is 6.42 Å².